The van der Waals surface area contributed by atoms with Crippen LogP contribution in [0.15, 0.2) is 9.95 Å². The van der Waals surface area contributed by atoms with E-state index in [2.05, 4.69) is 0 Å². The number of hydrogen-bond donors (Lipinski definition) is 0. The third kappa shape index (κ3) is 4.25. The van der Waals surface area contributed by atoms with Crippen LogP contribution >= 0.6 is 23.1 Å². The highest BCUT2D eigenvalue weighted by Crippen LogP contribution is 2.35. The van der Waals surface area contributed by atoms with Gasteiger partial charge in [-0.3, -0.25) is 14.2 Å². The number of aromatic nitrogens is 2. The number of fused-ring (bicyclic) bond motifs is 3. The van der Waals surface area contributed by atoms with Gasteiger partial charge in [-0.05, 0) is 57.9 Å². The van der Waals surface area contributed by atoms with Gasteiger partial charge in [0.05, 0.1) is 23.8 Å². The number of amides is 1. The molecule has 2 aromatic heterocycles. The van der Waals surface area contributed by atoms with Gasteiger partial charge >= 0.3 is 0 Å². The van der Waals surface area contributed by atoms with Gasteiger partial charge in [-0.15, -0.1) is 11.3 Å². The van der Waals surface area contributed by atoms with Crippen molar-refractivity contribution in [1.29, 1.82) is 0 Å². The maximum atomic E-state index is 13.5. The summed E-state index contributed by atoms with van der Waals surface area (Å²) in [4.78, 5) is 34.9. The number of aryl methyl sites for hydroxylation is 2. The number of thioether (sulfide) groups is 1. The van der Waals surface area contributed by atoms with Gasteiger partial charge in [0.2, 0.25) is 5.91 Å². The van der Waals surface area contributed by atoms with E-state index in [9.17, 15) is 9.59 Å². The molecule has 2 aliphatic rings. The summed E-state index contributed by atoms with van der Waals surface area (Å²) in [5.41, 5.74) is 1.26. The van der Waals surface area contributed by atoms with E-state index in [0.29, 0.717) is 30.5 Å². The first kappa shape index (κ1) is 20.9. The van der Waals surface area contributed by atoms with Crippen molar-refractivity contribution in [3.8, 4) is 0 Å². The van der Waals surface area contributed by atoms with Crippen LogP contribution in [0.25, 0.3) is 10.2 Å². The Hall–Kier alpha value is -1.38. The molecule has 3 heterocycles. The maximum Gasteiger partial charge on any atom is 0.263 e. The number of carbonyl (C=O) groups is 1. The summed E-state index contributed by atoms with van der Waals surface area (Å²) in [7, 11) is 0. The number of nitrogens with zero attached hydrogens (tertiary/aromatic N) is 3. The van der Waals surface area contributed by atoms with E-state index < -0.39 is 0 Å². The van der Waals surface area contributed by atoms with Crippen LogP contribution in [0.1, 0.15) is 50.0 Å². The van der Waals surface area contributed by atoms with Crippen molar-refractivity contribution < 1.29 is 9.53 Å². The summed E-state index contributed by atoms with van der Waals surface area (Å²) in [5.74, 6) is 0.388. The average molecular weight is 436 g/mol. The van der Waals surface area contributed by atoms with Crippen LogP contribution in [0.3, 0.4) is 0 Å². The van der Waals surface area contributed by atoms with Crippen molar-refractivity contribution in [2.45, 2.75) is 70.2 Å². The van der Waals surface area contributed by atoms with E-state index >= 15 is 0 Å². The Kier molecular flexibility index (Phi) is 6.61. The normalized spacial score (nSPS) is 18.9. The highest BCUT2D eigenvalue weighted by molar-refractivity contribution is 7.99. The molecule has 1 aliphatic carbocycles. The largest absolute Gasteiger partial charge is 0.376 e. The zero-order chi connectivity index (χ0) is 20.4. The van der Waals surface area contributed by atoms with Crippen LogP contribution in [0.4, 0.5) is 0 Å². The summed E-state index contributed by atoms with van der Waals surface area (Å²) in [6.45, 7) is 6.64. The van der Waals surface area contributed by atoms with Gasteiger partial charge in [-0.25, -0.2) is 4.98 Å². The lowest BCUT2D eigenvalue weighted by Crippen LogP contribution is -2.33. The molecule has 1 aliphatic heterocycles. The van der Waals surface area contributed by atoms with Crippen LogP contribution in [-0.4, -0.2) is 51.9 Å². The van der Waals surface area contributed by atoms with E-state index in [-0.39, 0.29) is 17.6 Å². The number of thiophene rings is 1. The number of hydrogen-bond acceptors (Lipinski definition) is 6. The van der Waals surface area contributed by atoms with E-state index in [1.807, 2.05) is 18.7 Å². The molecule has 1 fully saturated rings. The Labute approximate surface area is 179 Å². The van der Waals surface area contributed by atoms with Crippen molar-refractivity contribution in [3.05, 3.63) is 20.8 Å². The Morgan fingerprint density at radius 1 is 1.28 bits per heavy atom. The van der Waals surface area contributed by atoms with Gasteiger partial charge in [0, 0.05) is 24.6 Å². The molecule has 29 heavy (non-hydrogen) atoms. The minimum Gasteiger partial charge on any atom is -0.376 e. The molecule has 0 radical (unpaired) electrons. The molecule has 0 bridgehead atoms. The molecular weight excluding hydrogens is 406 g/mol. The predicted molar refractivity (Wildman–Crippen MR) is 118 cm³/mol. The van der Waals surface area contributed by atoms with Crippen LogP contribution < -0.4 is 5.56 Å². The fourth-order valence-electron chi connectivity index (χ4n) is 4.28. The van der Waals surface area contributed by atoms with Crippen molar-refractivity contribution in [2.75, 3.05) is 25.4 Å². The molecule has 8 heteroatoms. The van der Waals surface area contributed by atoms with Gasteiger partial charge in [0.15, 0.2) is 5.16 Å². The van der Waals surface area contributed by atoms with E-state index in [0.717, 1.165) is 48.9 Å². The van der Waals surface area contributed by atoms with Crippen LogP contribution in [-0.2, 0) is 28.9 Å². The van der Waals surface area contributed by atoms with E-state index in [1.54, 1.807) is 15.9 Å². The summed E-state index contributed by atoms with van der Waals surface area (Å²) < 4.78 is 7.58. The van der Waals surface area contributed by atoms with E-state index in [4.69, 9.17) is 9.72 Å². The second-order valence-electron chi connectivity index (χ2n) is 7.69. The monoisotopic (exact) mass is 435 g/mol. The molecule has 0 spiro atoms. The number of ether oxygens (including phenoxy) is 1. The highest BCUT2D eigenvalue weighted by atomic mass is 32.2. The van der Waals surface area contributed by atoms with Crippen molar-refractivity contribution >= 4 is 39.2 Å². The Morgan fingerprint density at radius 2 is 2.07 bits per heavy atom. The van der Waals surface area contributed by atoms with Crippen molar-refractivity contribution in [1.82, 2.24) is 14.5 Å². The molecule has 1 atom stereocenters. The third-order valence-electron chi connectivity index (χ3n) is 5.89. The molecule has 4 rings (SSSR count). The first-order valence-corrected chi connectivity index (χ1v) is 12.5. The first-order chi connectivity index (χ1) is 14.1. The molecule has 0 N–H and O–H groups in total. The topological polar surface area (TPSA) is 64.4 Å². The Bertz CT molecular complexity index is 943. The summed E-state index contributed by atoms with van der Waals surface area (Å²) in [6, 6.07) is 0. The Morgan fingerprint density at radius 3 is 2.79 bits per heavy atom. The minimum absolute atomic E-state index is 0.0442. The second kappa shape index (κ2) is 9.18. The molecule has 1 saturated heterocycles. The highest BCUT2D eigenvalue weighted by Gasteiger charge is 2.25. The third-order valence-corrected chi connectivity index (χ3v) is 8.04. The average Bonchev–Trinajstić information content (AvgIpc) is 3.37. The number of rotatable bonds is 7. The van der Waals surface area contributed by atoms with Gasteiger partial charge in [-0.1, -0.05) is 11.8 Å². The van der Waals surface area contributed by atoms with Gasteiger partial charge < -0.3 is 9.64 Å². The summed E-state index contributed by atoms with van der Waals surface area (Å²) in [5, 5.41) is 1.46. The van der Waals surface area contributed by atoms with Gasteiger partial charge in [0.1, 0.15) is 4.83 Å². The molecule has 158 valence electrons. The van der Waals surface area contributed by atoms with Gasteiger partial charge in [0.25, 0.3) is 5.56 Å². The van der Waals surface area contributed by atoms with Crippen molar-refractivity contribution in [3.63, 3.8) is 0 Å². The quantitative estimate of drug-likeness (QED) is 0.492. The molecule has 0 aromatic carbocycles. The lowest BCUT2D eigenvalue weighted by Gasteiger charge is -2.19. The lowest BCUT2D eigenvalue weighted by atomic mass is 9.97. The maximum absolute atomic E-state index is 13.5. The smallest absolute Gasteiger partial charge is 0.263 e. The minimum atomic E-state index is 0.0442. The zero-order valence-corrected chi connectivity index (χ0v) is 18.9. The molecule has 1 unspecified atom stereocenters. The predicted octanol–water partition coefficient (Wildman–Crippen LogP) is 3.48. The summed E-state index contributed by atoms with van der Waals surface area (Å²) in [6.07, 6.45) is 6.40. The zero-order valence-electron chi connectivity index (χ0n) is 17.2. The first-order valence-electron chi connectivity index (χ1n) is 10.7. The fraction of sp³-hybridized carbons (Fsp3) is 0.667. The number of carbonyl (C=O) groups excluding carboxylic acids is 1. The van der Waals surface area contributed by atoms with Crippen LogP contribution in [0, 0.1) is 0 Å². The standard InChI is InChI=1S/C21H29N3O3S2/c1-3-23(4-2)17(25)13-28-21-22-19-18(15-9-5-6-10-16(15)29-19)20(26)24(21)12-14-8-7-11-27-14/h14H,3-13H2,1-2H3. The van der Waals surface area contributed by atoms with Crippen molar-refractivity contribution in [2.24, 2.45) is 0 Å². The van der Waals surface area contributed by atoms with Crippen LogP contribution in [0.5, 0.6) is 0 Å². The molecular formula is C21H29N3O3S2. The Balaban J connectivity index is 1.70. The van der Waals surface area contributed by atoms with Crippen LogP contribution in [0.2, 0.25) is 0 Å². The summed E-state index contributed by atoms with van der Waals surface area (Å²) >= 11 is 3.05. The lowest BCUT2D eigenvalue weighted by molar-refractivity contribution is -0.127. The molecule has 6 nitrogen and oxygen atoms in total. The SMILES string of the molecule is CCN(CC)C(=O)CSc1nc2sc3c(c2c(=O)n1CC1CCCO1)CCCC3. The van der Waals surface area contributed by atoms with Gasteiger partial charge in [-0.2, -0.15) is 0 Å². The molecule has 1 amide bonds. The van der Waals surface area contributed by atoms with E-state index in [1.165, 1.54) is 28.6 Å². The molecule has 2 aromatic rings. The molecule has 0 saturated carbocycles. The second-order valence-corrected chi connectivity index (χ2v) is 9.72. The fourth-order valence-corrected chi connectivity index (χ4v) is 6.49.